The molecule has 0 spiro atoms. The molecule has 15 heavy (non-hydrogen) atoms. The van der Waals surface area contributed by atoms with Crippen LogP contribution in [-0.4, -0.2) is 18.6 Å². The highest BCUT2D eigenvalue weighted by Crippen LogP contribution is 2.33. The van der Waals surface area contributed by atoms with Crippen molar-refractivity contribution < 1.29 is 9.53 Å². The molecule has 1 heterocycles. The average molecular weight is 209 g/mol. The number of hydrogen-bond donors (Lipinski definition) is 1. The van der Waals surface area contributed by atoms with E-state index in [0.717, 1.165) is 6.42 Å². The van der Waals surface area contributed by atoms with Gasteiger partial charge >= 0.3 is 5.97 Å². The first-order chi connectivity index (χ1) is 7.29. The van der Waals surface area contributed by atoms with Crippen molar-refractivity contribution in [3.63, 3.8) is 0 Å². The minimum absolute atomic E-state index is 0.0748. The fraction of sp³-hybridized carbons (Fsp3) is 0.750. The van der Waals surface area contributed by atoms with E-state index < -0.39 is 0 Å². The maximum absolute atomic E-state index is 11.3. The lowest BCUT2D eigenvalue weighted by Crippen LogP contribution is -2.24. The van der Waals surface area contributed by atoms with Crippen molar-refractivity contribution in [1.82, 2.24) is 5.32 Å². The number of esters is 1. The van der Waals surface area contributed by atoms with Gasteiger partial charge in [-0.25, -0.2) is 0 Å². The quantitative estimate of drug-likeness (QED) is 0.722. The van der Waals surface area contributed by atoms with E-state index >= 15 is 0 Å². The van der Waals surface area contributed by atoms with Crippen molar-refractivity contribution in [3.8, 4) is 0 Å². The van der Waals surface area contributed by atoms with Gasteiger partial charge in [0.1, 0.15) is 0 Å². The highest BCUT2D eigenvalue weighted by atomic mass is 16.5. The SMILES string of the molecule is CCOC(=O)C[C@@H]1CC2CCCC=C2N1. The van der Waals surface area contributed by atoms with Gasteiger partial charge in [0.15, 0.2) is 0 Å². The lowest BCUT2D eigenvalue weighted by molar-refractivity contribution is -0.143. The number of rotatable bonds is 3. The molecule has 0 radical (unpaired) electrons. The molecule has 0 amide bonds. The predicted molar refractivity (Wildman–Crippen MR) is 58.2 cm³/mol. The van der Waals surface area contributed by atoms with Gasteiger partial charge in [-0.2, -0.15) is 0 Å². The van der Waals surface area contributed by atoms with Crippen LogP contribution in [0.4, 0.5) is 0 Å². The van der Waals surface area contributed by atoms with Gasteiger partial charge in [-0.05, 0) is 32.6 Å². The van der Waals surface area contributed by atoms with Crippen LogP contribution in [0, 0.1) is 5.92 Å². The fourth-order valence-corrected chi connectivity index (χ4v) is 2.56. The minimum Gasteiger partial charge on any atom is -0.466 e. The third-order valence-corrected chi connectivity index (χ3v) is 3.22. The Kier molecular flexibility index (Phi) is 3.29. The van der Waals surface area contributed by atoms with Crippen molar-refractivity contribution in [2.24, 2.45) is 5.92 Å². The number of carbonyl (C=O) groups excluding carboxylic acids is 1. The lowest BCUT2D eigenvalue weighted by Gasteiger charge is -2.15. The molecule has 3 nitrogen and oxygen atoms in total. The van der Waals surface area contributed by atoms with E-state index in [-0.39, 0.29) is 5.97 Å². The first-order valence-electron chi connectivity index (χ1n) is 5.91. The summed E-state index contributed by atoms with van der Waals surface area (Å²) in [5.41, 5.74) is 1.37. The average Bonchev–Trinajstić information content (AvgIpc) is 2.59. The van der Waals surface area contributed by atoms with Crippen LogP contribution in [0.2, 0.25) is 0 Å². The Labute approximate surface area is 90.9 Å². The second-order valence-corrected chi connectivity index (χ2v) is 4.37. The van der Waals surface area contributed by atoms with E-state index in [2.05, 4.69) is 11.4 Å². The van der Waals surface area contributed by atoms with E-state index in [0.29, 0.717) is 25.0 Å². The van der Waals surface area contributed by atoms with E-state index in [1.54, 1.807) is 0 Å². The van der Waals surface area contributed by atoms with Gasteiger partial charge in [-0.15, -0.1) is 0 Å². The number of allylic oxidation sites excluding steroid dienone is 2. The predicted octanol–water partition coefficient (Wildman–Crippen LogP) is 1.99. The number of fused-ring (bicyclic) bond motifs is 1. The summed E-state index contributed by atoms with van der Waals surface area (Å²) in [7, 11) is 0. The molecular formula is C12H19NO2. The van der Waals surface area contributed by atoms with Gasteiger partial charge in [0, 0.05) is 17.7 Å². The topological polar surface area (TPSA) is 38.3 Å². The number of nitrogens with one attached hydrogen (secondary N) is 1. The lowest BCUT2D eigenvalue weighted by atomic mass is 9.91. The monoisotopic (exact) mass is 209 g/mol. The van der Waals surface area contributed by atoms with Crippen molar-refractivity contribution in [1.29, 1.82) is 0 Å². The summed E-state index contributed by atoms with van der Waals surface area (Å²) in [5, 5.41) is 3.44. The zero-order valence-electron chi connectivity index (χ0n) is 9.29. The smallest absolute Gasteiger partial charge is 0.307 e. The molecule has 0 saturated carbocycles. The fourth-order valence-electron chi connectivity index (χ4n) is 2.56. The van der Waals surface area contributed by atoms with E-state index in [4.69, 9.17) is 4.74 Å². The van der Waals surface area contributed by atoms with Crippen molar-refractivity contribution in [2.75, 3.05) is 6.61 Å². The molecule has 1 aliphatic heterocycles. The molecule has 0 aromatic rings. The highest BCUT2D eigenvalue weighted by molar-refractivity contribution is 5.70. The van der Waals surface area contributed by atoms with E-state index in [1.165, 1.54) is 25.0 Å². The molecule has 1 N–H and O–H groups in total. The number of carbonyl (C=O) groups is 1. The van der Waals surface area contributed by atoms with Crippen LogP contribution in [0.1, 0.15) is 39.0 Å². The Bertz CT molecular complexity index is 273. The normalized spacial score (nSPS) is 29.0. The largest absolute Gasteiger partial charge is 0.466 e. The van der Waals surface area contributed by atoms with Crippen LogP contribution in [0.3, 0.4) is 0 Å². The standard InChI is InChI=1S/C12H19NO2/c1-2-15-12(14)8-10-7-9-5-3-4-6-11(9)13-10/h6,9-10,13H,2-5,7-8H2,1H3/t9?,10-/m0/s1. The minimum atomic E-state index is -0.0748. The van der Waals surface area contributed by atoms with Crippen LogP contribution >= 0.6 is 0 Å². The Morgan fingerprint density at radius 2 is 2.53 bits per heavy atom. The van der Waals surface area contributed by atoms with Crippen molar-refractivity contribution in [3.05, 3.63) is 11.8 Å². The molecule has 0 bridgehead atoms. The van der Waals surface area contributed by atoms with Gasteiger partial charge in [0.2, 0.25) is 0 Å². The summed E-state index contributed by atoms with van der Waals surface area (Å²) in [6.45, 7) is 2.33. The molecule has 3 heteroatoms. The van der Waals surface area contributed by atoms with Gasteiger partial charge < -0.3 is 10.1 Å². The summed E-state index contributed by atoms with van der Waals surface area (Å²) in [4.78, 5) is 11.3. The summed E-state index contributed by atoms with van der Waals surface area (Å²) in [6, 6.07) is 0.304. The van der Waals surface area contributed by atoms with E-state index in [9.17, 15) is 4.79 Å². The van der Waals surface area contributed by atoms with Gasteiger partial charge in [0.25, 0.3) is 0 Å². The van der Waals surface area contributed by atoms with Crippen molar-refractivity contribution >= 4 is 5.97 Å². The molecule has 0 aromatic carbocycles. The highest BCUT2D eigenvalue weighted by Gasteiger charge is 2.31. The Morgan fingerprint density at radius 1 is 1.67 bits per heavy atom. The van der Waals surface area contributed by atoms with Crippen LogP contribution in [0.5, 0.6) is 0 Å². The van der Waals surface area contributed by atoms with Gasteiger partial charge in [0.05, 0.1) is 13.0 Å². The second kappa shape index (κ2) is 4.69. The summed E-state index contributed by atoms with van der Waals surface area (Å²) in [6.07, 6.45) is 7.66. The molecule has 1 unspecified atom stereocenters. The second-order valence-electron chi connectivity index (χ2n) is 4.37. The summed E-state index contributed by atoms with van der Waals surface area (Å²) < 4.78 is 4.96. The van der Waals surface area contributed by atoms with Crippen LogP contribution < -0.4 is 5.32 Å². The zero-order valence-corrected chi connectivity index (χ0v) is 9.29. The summed E-state index contributed by atoms with van der Waals surface area (Å²) >= 11 is 0. The third kappa shape index (κ3) is 2.52. The molecular weight excluding hydrogens is 190 g/mol. The maximum atomic E-state index is 11.3. The van der Waals surface area contributed by atoms with Gasteiger partial charge in [-0.3, -0.25) is 4.79 Å². The first kappa shape index (κ1) is 10.5. The van der Waals surface area contributed by atoms with Crippen LogP contribution in [-0.2, 0) is 9.53 Å². The molecule has 1 fully saturated rings. The number of ether oxygens (including phenoxy) is 1. The van der Waals surface area contributed by atoms with Crippen molar-refractivity contribution in [2.45, 2.75) is 45.1 Å². The molecule has 1 saturated heterocycles. The Balaban J connectivity index is 1.84. The zero-order chi connectivity index (χ0) is 10.7. The third-order valence-electron chi connectivity index (χ3n) is 3.22. The molecule has 0 aromatic heterocycles. The molecule has 2 aliphatic rings. The van der Waals surface area contributed by atoms with Crippen LogP contribution in [0.25, 0.3) is 0 Å². The molecule has 84 valence electrons. The Morgan fingerprint density at radius 3 is 3.27 bits per heavy atom. The number of hydrogen-bond acceptors (Lipinski definition) is 3. The first-order valence-corrected chi connectivity index (χ1v) is 5.91. The van der Waals surface area contributed by atoms with Crippen LogP contribution in [0.15, 0.2) is 11.8 Å². The Hall–Kier alpha value is -0.990. The molecule has 2 rings (SSSR count). The van der Waals surface area contributed by atoms with E-state index in [1.807, 2.05) is 6.92 Å². The maximum Gasteiger partial charge on any atom is 0.307 e. The molecule has 1 aliphatic carbocycles. The van der Waals surface area contributed by atoms with Gasteiger partial charge in [-0.1, -0.05) is 6.08 Å². The summed E-state index contributed by atoms with van der Waals surface area (Å²) in [5.74, 6) is 0.604. The molecule has 2 atom stereocenters.